The number of nitrogen functional groups attached to an aromatic ring is 1. The van der Waals surface area contributed by atoms with Crippen LogP contribution in [-0.2, 0) is 6.18 Å². The van der Waals surface area contributed by atoms with E-state index in [0.29, 0.717) is 16.0 Å². The molecular weight excluding hydrogens is 325 g/mol. The summed E-state index contributed by atoms with van der Waals surface area (Å²) < 4.78 is 37.8. The van der Waals surface area contributed by atoms with E-state index in [1.165, 1.54) is 18.3 Å². The van der Waals surface area contributed by atoms with E-state index < -0.39 is 11.7 Å². The van der Waals surface area contributed by atoms with E-state index in [0.717, 1.165) is 12.1 Å². The highest BCUT2D eigenvalue weighted by Crippen LogP contribution is 2.31. The van der Waals surface area contributed by atoms with Crippen molar-refractivity contribution in [2.75, 3.05) is 11.1 Å². The van der Waals surface area contributed by atoms with Gasteiger partial charge in [0.2, 0.25) is 5.95 Å². The number of hydrogen-bond donors (Lipinski definition) is 2. The Balaban J connectivity index is 2.22. The number of nitrogens with zero attached hydrogens (tertiary/aromatic N) is 2. The summed E-state index contributed by atoms with van der Waals surface area (Å²) in [5.41, 5.74) is 5.19. The Morgan fingerprint density at radius 2 is 1.79 bits per heavy atom. The highest BCUT2D eigenvalue weighted by molar-refractivity contribution is 9.10. The number of halogens is 4. The molecule has 0 fully saturated rings. The summed E-state index contributed by atoms with van der Waals surface area (Å²) in [6.07, 6.45) is -2.90. The molecule has 0 unspecified atom stereocenters. The van der Waals surface area contributed by atoms with Crippen molar-refractivity contribution in [1.29, 1.82) is 0 Å². The molecule has 1 heterocycles. The van der Waals surface area contributed by atoms with Crippen molar-refractivity contribution in [1.82, 2.24) is 9.97 Å². The predicted molar refractivity (Wildman–Crippen MR) is 68.9 cm³/mol. The lowest BCUT2D eigenvalue weighted by Gasteiger charge is -2.10. The van der Waals surface area contributed by atoms with Gasteiger partial charge < -0.3 is 11.1 Å². The fraction of sp³-hybridized carbons (Fsp3) is 0.0909. The van der Waals surface area contributed by atoms with Crippen molar-refractivity contribution in [3.63, 3.8) is 0 Å². The Bertz CT molecular complexity index is 583. The van der Waals surface area contributed by atoms with Crippen molar-refractivity contribution in [2.24, 2.45) is 0 Å². The van der Waals surface area contributed by atoms with Crippen LogP contribution < -0.4 is 11.1 Å². The fourth-order valence-corrected chi connectivity index (χ4v) is 1.64. The molecule has 0 bridgehead atoms. The van der Waals surface area contributed by atoms with Crippen LogP contribution in [0.2, 0.25) is 0 Å². The molecule has 2 rings (SSSR count). The van der Waals surface area contributed by atoms with Gasteiger partial charge in [-0.1, -0.05) is 0 Å². The Labute approximate surface area is 115 Å². The summed E-state index contributed by atoms with van der Waals surface area (Å²) in [5.74, 6) is 0.449. The maximum Gasteiger partial charge on any atom is 0.416 e. The Morgan fingerprint density at radius 3 is 2.37 bits per heavy atom. The predicted octanol–water partition coefficient (Wildman–Crippen LogP) is 3.58. The van der Waals surface area contributed by atoms with Crippen LogP contribution in [0.1, 0.15) is 5.56 Å². The van der Waals surface area contributed by atoms with Crippen LogP contribution in [0.25, 0.3) is 0 Å². The number of nitrogens with two attached hydrogens (primary N) is 1. The molecule has 1 aromatic heterocycles. The van der Waals surface area contributed by atoms with Crippen LogP contribution in [0.15, 0.2) is 34.9 Å². The average Bonchev–Trinajstić information content (AvgIpc) is 2.33. The van der Waals surface area contributed by atoms with Crippen LogP contribution in [0.3, 0.4) is 0 Å². The van der Waals surface area contributed by atoms with E-state index in [4.69, 9.17) is 5.73 Å². The van der Waals surface area contributed by atoms with Crippen molar-refractivity contribution in [2.45, 2.75) is 6.18 Å². The number of benzene rings is 1. The lowest BCUT2D eigenvalue weighted by Crippen LogP contribution is -2.05. The maximum atomic E-state index is 12.4. The van der Waals surface area contributed by atoms with Gasteiger partial charge in [-0.2, -0.15) is 18.2 Å². The SMILES string of the molecule is Nc1ncc(Br)c(Nc2ccc(C(F)(F)F)cc2)n1. The molecule has 0 radical (unpaired) electrons. The van der Waals surface area contributed by atoms with E-state index >= 15 is 0 Å². The van der Waals surface area contributed by atoms with Gasteiger partial charge in [-0.3, -0.25) is 0 Å². The van der Waals surface area contributed by atoms with Crippen molar-refractivity contribution >= 4 is 33.4 Å². The summed E-state index contributed by atoms with van der Waals surface area (Å²) in [5, 5.41) is 2.85. The van der Waals surface area contributed by atoms with Gasteiger partial charge in [0, 0.05) is 11.9 Å². The quantitative estimate of drug-likeness (QED) is 0.882. The highest BCUT2D eigenvalue weighted by Gasteiger charge is 2.29. The minimum absolute atomic E-state index is 0.0672. The summed E-state index contributed by atoms with van der Waals surface area (Å²) in [4.78, 5) is 7.68. The molecule has 0 spiro atoms. The molecule has 0 atom stereocenters. The first kappa shape index (κ1) is 13.6. The largest absolute Gasteiger partial charge is 0.416 e. The van der Waals surface area contributed by atoms with Gasteiger partial charge in [0.1, 0.15) is 5.82 Å². The number of aromatic nitrogens is 2. The zero-order chi connectivity index (χ0) is 14.0. The zero-order valence-corrected chi connectivity index (χ0v) is 11.0. The molecule has 0 aliphatic rings. The summed E-state index contributed by atoms with van der Waals surface area (Å²) in [7, 11) is 0. The van der Waals surface area contributed by atoms with E-state index in [1.54, 1.807) is 0 Å². The number of nitrogens with one attached hydrogen (secondary N) is 1. The van der Waals surface area contributed by atoms with Gasteiger partial charge in [0.25, 0.3) is 0 Å². The fourth-order valence-electron chi connectivity index (χ4n) is 1.35. The highest BCUT2D eigenvalue weighted by atomic mass is 79.9. The molecule has 4 nitrogen and oxygen atoms in total. The van der Waals surface area contributed by atoms with Crippen molar-refractivity contribution < 1.29 is 13.2 Å². The molecule has 19 heavy (non-hydrogen) atoms. The second-order valence-corrected chi connectivity index (χ2v) is 4.48. The smallest absolute Gasteiger partial charge is 0.368 e. The molecular formula is C11H8BrF3N4. The van der Waals surface area contributed by atoms with Gasteiger partial charge in [0.05, 0.1) is 10.0 Å². The van der Waals surface area contributed by atoms with Gasteiger partial charge >= 0.3 is 6.18 Å². The van der Waals surface area contributed by atoms with Crippen molar-refractivity contribution in [3.05, 3.63) is 40.5 Å². The normalized spacial score (nSPS) is 11.4. The molecule has 1 aromatic carbocycles. The van der Waals surface area contributed by atoms with Crippen LogP contribution in [0, 0.1) is 0 Å². The first-order valence-corrected chi connectivity index (χ1v) is 5.88. The third-order valence-corrected chi connectivity index (χ3v) is 2.82. The average molecular weight is 333 g/mol. The number of hydrogen-bond acceptors (Lipinski definition) is 4. The molecule has 3 N–H and O–H groups in total. The van der Waals surface area contributed by atoms with Crippen LogP contribution in [-0.4, -0.2) is 9.97 Å². The maximum absolute atomic E-state index is 12.4. The summed E-state index contributed by atoms with van der Waals surface area (Å²) >= 11 is 3.21. The summed E-state index contributed by atoms with van der Waals surface area (Å²) in [6, 6.07) is 4.60. The first-order chi connectivity index (χ1) is 8.86. The van der Waals surface area contributed by atoms with Gasteiger partial charge in [-0.15, -0.1) is 0 Å². The van der Waals surface area contributed by atoms with E-state index in [-0.39, 0.29) is 5.95 Å². The molecule has 100 valence electrons. The molecule has 0 saturated carbocycles. The Morgan fingerprint density at radius 1 is 1.16 bits per heavy atom. The minimum atomic E-state index is -4.35. The number of rotatable bonds is 2. The second kappa shape index (κ2) is 5.04. The number of anilines is 3. The third kappa shape index (κ3) is 3.34. The lowest BCUT2D eigenvalue weighted by molar-refractivity contribution is -0.137. The molecule has 0 saturated heterocycles. The number of alkyl halides is 3. The topological polar surface area (TPSA) is 63.8 Å². The van der Waals surface area contributed by atoms with Gasteiger partial charge in [-0.05, 0) is 40.2 Å². The van der Waals surface area contributed by atoms with Gasteiger partial charge in [-0.25, -0.2) is 4.98 Å². The Kier molecular flexibility index (Phi) is 3.61. The lowest BCUT2D eigenvalue weighted by atomic mass is 10.2. The molecule has 0 amide bonds. The Hall–Kier alpha value is -1.83. The summed E-state index contributed by atoms with van der Waals surface area (Å²) in [6.45, 7) is 0. The van der Waals surface area contributed by atoms with Crippen LogP contribution in [0.5, 0.6) is 0 Å². The first-order valence-electron chi connectivity index (χ1n) is 5.08. The van der Waals surface area contributed by atoms with Gasteiger partial charge in [0.15, 0.2) is 0 Å². The molecule has 0 aliphatic heterocycles. The van der Waals surface area contributed by atoms with E-state index in [9.17, 15) is 13.2 Å². The molecule has 8 heteroatoms. The van der Waals surface area contributed by atoms with Crippen molar-refractivity contribution in [3.8, 4) is 0 Å². The minimum Gasteiger partial charge on any atom is -0.368 e. The molecule has 0 aliphatic carbocycles. The molecule has 2 aromatic rings. The van der Waals surface area contributed by atoms with E-state index in [2.05, 4.69) is 31.2 Å². The van der Waals surface area contributed by atoms with Crippen LogP contribution in [0.4, 0.5) is 30.6 Å². The standard InChI is InChI=1S/C11H8BrF3N4/c12-8-5-17-10(16)19-9(8)18-7-3-1-6(2-4-7)11(13,14)15/h1-5H,(H3,16,17,18,19). The van der Waals surface area contributed by atoms with E-state index in [1.807, 2.05) is 0 Å². The monoisotopic (exact) mass is 332 g/mol. The second-order valence-electron chi connectivity index (χ2n) is 3.62. The third-order valence-electron chi connectivity index (χ3n) is 2.24. The van der Waals surface area contributed by atoms with Crippen LogP contribution >= 0.6 is 15.9 Å². The zero-order valence-electron chi connectivity index (χ0n) is 9.37.